The first kappa shape index (κ1) is 25.1. The van der Waals surface area contributed by atoms with E-state index >= 15 is 0 Å². The summed E-state index contributed by atoms with van der Waals surface area (Å²) in [5.74, 6) is -0.276. The molecular formula is C26H19F3N6O2. The number of nitrogens with one attached hydrogen (secondary N) is 2. The number of anilines is 3. The van der Waals surface area contributed by atoms with E-state index in [0.717, 1.165) is 6.08 Å². The number of carbonyl (C=O) groups excluding carboxylic acids is 1. The number of amides is 1. The number of alkyl halides is 3. The van der Waals surface area contributed by atoms with Gasteiger partial charge in [-0.3, -0.25) is 14.2 Å². The highest BCUT2D eigenvalue weighted by atomic mass is 19.4. The lowest BCUT2D eigenvalue weighted by atomic mass is 10.1. The van der Waals surface area contributed by atoms with Gasteiger partial charge in [0.15, 0.2) is 0 Å². The third kappa shape index (κ3) is 6.18. The first-order chi connectivity index (χ1) is 17.6. The van der Waals surface area contributed by atoms with Crippen LogP contribution in [0.15, 0.2) is 78.2 Å². The molecule has 4 rings (SSSR count). The number of hydrogen-bond acceptors (Lipinski definition) is 6. The molecule has 11 heteroatoms. The van der Waals surface area contributed by atoms with Crippen LogP contribution in [-0.4, -0.2) is 26.6 Å². The number of pyridine rings is 1. The molecule has 1 amide bonds. The van der Waals surface area contributed by atoms with E-state index in [0.29, 0.717) is 22.3 Å². The van der Waals surface area contributed by atoms with Gasteiger partial charge >= 0.3 is 6.18 Å². The number of fused-ring (bicyclic) bond motifs is 1. The van der Waals surface area contributed by atoms with Crippen LogP contribution in [0, 0.1) is 11.3 Å². The molecule has 2 heterocycles. The van der Waals surface area contributed by atoms with Gasteiger partial charge in [-0.2, -0.15) is 23.4 Å². The molecule has 0 spiro atoms. The summed E-state index contributed by atoms with van der Waals surface area (Å²) in [5, 5.41) is 15.5. The van der Waals surface area contributed by atoms with Gasteiger partial charge in [0.05, 0.1) is 13.0 Å². The average Bonchev–Trinajstić information content (AvgIpc) is 2.86. The van der Waals surface area contributed by atoms with Crippen molar-refractivity contribution in [3.8, 4) is 6.07 Å². The molecule has 4 aromatic rings. The van der Waals surface area contributed by atoms with Gasteiger partial charge in [-0.05, 0) is 47.5 Å². The second-order valence-electron chi connectivity index (χ2n) is 8.04. The summed E-state index contributed by atoms with van der Waals surface area (Å²) in [6.07, 6.45) is -2.76. The molecule has 0 aliphatic heterocycles. The molecule has 0 saturated carbocycles. The molecule has 186 valence electrons. The van der Waals surface area contributed by atoms with Crippen LogP contribution in [-0.2, 0) is 17.8 Å². The van der Waals surface area contributed by atoms with Gasteiger partial charge in [0.2, 0.25) is 11.9 Å². The Morgan fingerprint density at radius 2 is 1.86 bits per heavy atom. The van der Waals surface area contributed by atoms with E-state index in [9.17, 15) is 28.0 Å². The van der Waals surface area contributed by atoms with Crippen LogP contribution in [0.25, 0.3) is 11.0 Å². The van der Waals surface area contributed by atoms with Crippen LogP contribution in [0.2, 0.25) is 0 Å². The Balaban J connectivity index is 1.68. The standard InChI is InChI=1S/C26H19F3N6O2/c1-2-22(36)32-21-5-3-4-17(10-21)15-35-23-19(11-18(13-30)24(35)37)14-31-25(34-23)33-20-8-6-16(7-9-20)12-26(27,28)29/h2-11,14H,1,12,15H2,(H,32,36)(H,31,33,34). The molecule has 0 fully saturated rings. The topological polar surface area (TPSA) is 113 Å². The average molecular weight is 504 g/mol. The van der Waals surface area contributed by atoms with E-state index in [-0.39, 0.29) is 35.2 Å². The van der Waals surface area contributed by atoms with E-state index in [1.807, 2.05) is 6.07 Å². The minimum atomic E-state index is -4.31. The maximum atomic E-state index is 13.0. The van der Waals surface area contributed by atoms with Gasteiger partial charge in [0.1, 0.15) is 17.3 Å². The lowest BCUT2D eigenvalue weighted by Gasteiger charge is -2.13. The van der Waals surface area contributed by atoms with Gasteiger partial charge in [0.25, 0.3) is 5.56 Å². The molecule has 2 N–H and O–H groups in total. The Morgan fingerprint density at radius 1 is 1.11 bits per heavy atom. The monoisotopic (exact) mass is 504 g/mol. The van der Waals surface area contributed by atoms with Crippen molar-refractivity contribution >= 4 is 34.3 Å². The van der Waals surface area contributed by atoms with Crippen LogP contribution in [0.1, 0.15) is 16.7 Å². The van der Waals surface area contributed by atoms with Gasteiger partial charge in [-0.1, -0.05) is 30.8 Å². The lowest BCUT2D eigenvalue weighted by molar-refractivity contribution is -0.127. The predicted molar refractivity (Wildman–Crippen MR) is 132 cm³/mol. The molecule has 0 radical (unpaired) electrons. The van der Waals surface area contributed by atoms with Crippen LogP contribution in [0.4, 0.5) is 30.5 Å². The number of hydrogen-bond donors (Lipinski definition) is 2. The second-order valence-corrected chi connectivity index (χ2v) is 8.04. The Bertz CT molecular complexity index is 1590. The van der Waals surface area contributed by atoms with Crippen molar-refractivity contribution in [1.29, 1.82) is 5.26 Å². The molecular weight excluding hydrogens is 485 g/mol. The summed E-state index contributed by atoms with van der Waals surface area (Å²) in [6.45, 7) is 3.46. The van der Waals surface area contributed by atoms with E-state index < -0.39 is 18.2 Å². The number of halogens is 3. The Labute approximate surface area is 208 Å². The summed E-state index contributed by atoms with van der Waals surface area (Å²) in [7, 11) is 0. The maximum Gasteiger partial charge on any atom is 0.393 e. The molecule has 2 aromatic carbocycles. The van der Waals surface area contributed by atoms with Crippen molar-refractivity contribution in [3.05, 3.63) is 100 Å². The molecule has 0 bridgehead atoms. The smallest absolute Gasteiger partial charge is 0.324 e. The fraction of sp³-hybridized carbons (Fsp3) is 0.115. The molecule has 37 heavy (non-hydrogen) atoms. The zero-order valence-corrected chi connectivity index (χ0v) is 19.2. The summed E-state index contributed by atoms with van der Waals surface area (Å²) >= 11 is 0. The Kier molecular flexibility index (Phi) is 7.01. The Hall–Kier alpha value is -4.98. The lowest BCUT2D eigenvalue weighted by Crippen LogP contribution is -2.24. The van der Waals surface area contributed by atoms with Crippen LogP contribution < -0.4 is 16.2 Å². The fourth-order valence-electron chi connectivity index (χ4n) is 3.64. The largest absolute Gasteiger partial charge is 0.393 e. The number of nitrogens with zero attached hydrogens (tertiary/aromatic N) is 4. The van der Waals surface area contributed by atoms with Gasteiger partial charge in [0, 0.05) is 23.0 Å². The van der Waals surface area contributed by atoms with Crippen molar-refractivity contribution in [2.75, 3.05) is 10.6 Å². The molecule has 8 nitrogen and oxygen atoms in total. The van der Waals surface area contributed by atoms with E-state index in [4.69, 9.17) is 0 Å². The van der Waals surface area contributed by atoms with Crippen LogP contribution >= 0.6 is 0 Å². The summed E-state index contributed by atoms with van der Waals surface area (Å²) in [5.41, 5.74) is 1.33. The quantitative estimate of drug-likeness (QED) is 0.353. The summed E-state index contributed by atoms with van der Waals surface area (Å²) in [4.78, 5) is 33.3. The first-order valence-corrected chi connectivity index (χ1v) is 10.9. The van der Waals surface area contributed by atoms with Crippen molar-refractivity contribution in [2.45, 2.75) is 19.1 Å². The van der Waals surface area contributed by atoms with Gasteiger partial charge < -0.3 is 10.6 Å². The number of rotatable bonds is 7. The molecule has 0 aliphatic carbocycles. The fourth-order valence-corrected chi connectivity index (χ4v) is 3.64. The number of aromatic nitrogens is 3. The highest BCUT2D eigenvalue weighted by Crippen LogP contribution is 2.23. The third-order valence-electron chi connectivity index (χ3n) is 5.28. The Morgan fingerprint density at radius 3 is 2.54 bits per heavy atom. The molecule has 2 aromatic heterocycles. The highest BCUT2D eigenvalue weighted by Gasteiger charge is 2.27. The number of nitriles is 1. The van der Waals surface area contributed by atoms with Crippen molar-refractivity contribution < 1.29 is 18.0 Å². The van der Waals surface area contributed by atoms with E-state index in [1.54, 1.807) is 24.3 Å². The summed E-state index contributed by atoms with van der Waals surface area (Å²) < 4.78 is 39.1. The minimum absolute atomic E-state index is 0.0469. The van der Waals surface area contributed by atoms with E-state index in [1.165, 1.54) is 41.1 Å². The van der Waals surface area contributed by atoms with Gasteiger partial charge in [-0.25, -0.2) is 4.98 Å². The third-order valence-corrected chi connectivity index (χ3v) is 5.28. The zero-order valence-electron chi connectivity index (χ0n) is 19.2. The highest BCUT2D eigenvalue weighted by molar-refractivity contribution is 5.98. The SMILES string of the molecule is C=CC(=O)Nc1cccc(Cn2c(=O)c(C#N)cc3cnc(Nc4ccc(CC(F)(F)F)cc4)nc32)c1. The van der Waals surface area contributed by atoms with Crippen molar-refractivity contribution in [3.63, 3.8) is 0 Å². The zero-order chi connectivity index (χ0) is 26.6. The molecule has 0 unspecified atom stereocenters. The molecule has 0 aliphatic rings. The molecule has 0 atom stereocenters. The normalized spacial score (nSPS) is 11.1. The van der Waals surface area contributed by atoms with Gasteiger partial charge in [-0.15, -0.1) is 0 Å². The number of benzene rings is 2. The van der Waals surface area contributed by atoms with Crippen molar-refractivity contribution in [2.24, 2.45) is 0 Å². The van der Waals surface area contributed by atoms with Crippen LogP contribution in [0.3, 0.4) is 0 Å². The minimum Gasteiger partial charge on any atom is -0.324 e. The van der Waals surface area contributed by atoms with Crippen LogP contribution in [0.5, 0.6) is 0 Å². The number of carbonyl (C=O) groups is 1. The van der Waals surface area contributed by atoms with E-state index in [2.05, 4.69) is 27.2 Å². The molecule has 0 saturated heterocycles. The first-order valence-electron chi connectivity index (χ1n) is 10.9. The predicted octanol–water partition coefficient (Wildman–Crippen LogP) is 4.68. The maximum absolute atomic E-state index is 13.0. The van der Waals surface area contributed by atoms with Crippen molar-refractivity contribution in [1.82, 2.24) is 14.5 Å². The second kappa shape index (κ2) is 10.3. The summed E-state index contributed by atoms with van der Waals surface area (Å²) in [6, 6.07) is 15.8.